The lowest BCUT2D eigenvalue weighted by molar-refractivity contribution is -0.164. The van der Waals surface area contributed by atoms with Gasteiger partial charge in [-0.2, -0.15) is 0 Å². The Bertz CT molecular complexity index is 334. The highest BCUT2D eigenvalue weighted by molar-refractivity contribution is 5.73. The molecule has 2 rings (SSSR count). The fourth-order valence-electron chi connectivity index (χ4n) is 2.90. The minimum Gasteiger partial charge on any atom is -0.481 e. The Morgan fingerprint density at radius 3 is 2.39 bits per heavy atom. The van der Waals surface area contributed by atoms with Crippen LogP contribution in [-0.2, 0) is 9.59 Å². The summed E-state index contributed by atoms with van der Waals surface area (Å²) in [6.45, 7) is 1.94. The van der Waals surface area contributed by atoms with E-state index in [0.29, 0.717) is 19.4 Å². The van der Waals surface area contributed by atoms with Crippen LogP contribution >= 0.6 is 0 Å². The Morgan fingerprint density at radius 1 is 0.944 bits per heavy atom. The summed E-state index contributed by atoms with van der Waals surface area (Å²) < 4.78 is 0. The van der Waals surface area contributed by atoms with Crippen molar-refractivity contribution in [2.24, 2.45) is 5.92 Å². The van der Waals surface area contributed by atoms with Crippen molar-refractivity contribution in [2.75, 3.05) is 19.6 Å². The number of hydrazine groups is 1. The van der Waals surface area contributed by atoms with Crippen LogP contribution in [-0.4, -0.2) is 57.8 Å². The van der Waals surface area contributed by atoms with Crippen LogP contribution in [0.2, 0.25) is 0 Å². The van der Waals surface area contributed by atoms with E-state index in [1.54, 1.807) is 0 Å². The Kier molecular flexibility index (Phi) is 4.19. The predicted octanol–water partition coefficient (Wildman–Crippen LogP) is 0.637. The normalized spacial score (nSPS) is 31.1. The molecule has 2 heterocycles. The first kappa shape index (κ1) is 13.3. The molecule has 2 atom stereocenters. The molecule has 6 heteroatoms. The van der Waals surface area contributed by atoms with E-state index in [-0.39, 0.29) is 5.92 Å². The van der Waals surface area contributed by atoms with Gasteiger partial charge in [0.15, 0.2) is 0 Å². The molecule has 0 aliphatic carbocycles. The van der Waals surface area contributed by atoms with Gasteiger partial charge in [-0.3, -0.25) is 9.59 Å². The molecule has 0 saturated carbocycles. The van der Waals surface area contributed by atoms with Gasteiger partial charge in [-0.15, -0.1) is 0 Å². The van der Waals surface area contributed by atoms with E-state index >= 15 is 0 Å². The molecule has 6 nitrogen and oxygen atoms in total. The maximum Gasteiger partial charge on any atom is 0.322 e. The standard InChI is InChI=1S/C12H20N2O4/c15-11(16)9-4-3-6-13(8-9)14-7-2-1-5-10(14)12(17)18/h9-10H,1-8H2,(H,15,16)(H,17,18). The average molecular weight is 256 g/mol. The molecular formula is C12H20N2O4. The summed E-state index contributed by atoms with van der Waals surface area (Å²) in [5, 5.41) is 22.1. The van der Waals surface area contributed by atoms with E-state index in [1.807, 2.05) is 10.0 Å². The summed E-state index contributed by atoms with van der Waals surface area (Å²) in [6, 6.07) is -0.480. The molecule has 0 aromatic rings. The third-order valence-corrected chi connectivity index (χ3v) is 3.87. The first-order valence-corrected chi connectivity index (χ1v) is 6.56. The van der Waals surface area contributed by atoms with E-state index in [0.717, 1.165) is 32.4 Å². The molecule has 0 aromatic heterocycles. The van der Waals surface area contributed by atoms with Gasteiger partial charge in [0.05, 0.1) is 5.92 Å². The minimum absolute atomic E-state index is 0.366. The number of hydrogen-bond acceptors (Lipinski definition) is 4. The zero-order chi connectivity index (χ0) is 13.1. The topological polar surface area (TPSA) is 81.1 Å². The van der Waals surface area contributed by atoms with E-state index in [9.17, 15) is 14.7 Å². The fourth-order valence-corrected chi connectivity index (χ4v) is 2.90. The Hall–Kier alpha value is -1.14. The quantitative estimate of drug-likeness (QED) is 0.771. The molecule has 0 spiro atoms. The van der Waals surface area contributed by atoms with Gasteiger partial charge in [-0.05, 0) is 32.1 Å². The van der Waals surface area contributed by atoms with Gasteiger partial charge in [0.2, 0.25) is 0 Å². The Labute approximate surface area is 106 Å². The van der Waals surface area contributed by atoms with Crippen molar-refractivity contribution in [3.63, 3.8) is 0 Å². The van der Waals surface area contributed by atoms with Crippen molar-refractivity contribution in [3.05, 3.63) is 0 Å². The number of carboxylic acids is 2. The Balaban J connectivity index is 2.04. The number of rotatable bonds is 3. The highest BCUT2D eigenvalue weighted by Gasteiger charge is 2.36. The number of carboxylic acid groups (broad SMARTS) is 2. The van der Waals surface area contributed by atoms with Crippen LogP contribution in [0.4, 0.5) is 0 Å². The minimum atomic E-state index is -0.799. The van der Waals surface area contributed by atoms with Crippen LogP contribution in [0.15, 0.2) is 0 Å². The fraction of sp³-hybridized carbons (Fsp3) is 0.833. The van der Waals surface area contributed by atoms with Gasteiger partial charge in [-0.1, -0.05) is 0 Å². The maximum absolute atomic E-state index is 11.2. The number of nitrogens with zero attached hydrogens (tertiary/aromatic N) is 2. The molecule has 0 radical (unpaired) electrons. The summed E-state index contributed by atoms with van der Waals surface area (Å²) in [5.41, 5.74) is 0. The van der Waals surface area contributed by atoms with E-state index in [2.05, 4.69) is 0 Å². The number of aliphatic carboxylic acids is 2. The van der Waals surface area contributed by atoms with Crippen molar-refractivity contribution in [1.82, 2.24) is 10.0 Å². The molecule has 2 fully saturated rings. The van der Waals surface area contributed by atoms with Crippen molar-refractivity contribution >= 4 is 11.9 Å². The molecule has 2 unspecified atom stereocenters. The first-order chi connectivity index (χ1) is 8.59. The molecule has 0 aromatic carbocycles. The van der Waals surface area contributed by atoms with E-state index < -0.39 is 18.0 Å². The zero-order valence-electron chi connectivity index (χ0n) is 10.4. The van der Waals surface area contributed by atoms with Crippen LogP contribution in [0, 0.1) is 5.92 Å². The second kappa shape index (κ2) is 5.67. The van der Waals surface area contributed by atoms with Crippen molar-refractivity contribution in [3.8, 4) is 0 Å². The third-order valence-electron chi connectivity index (χ3n) is 3.87. The summed E-state index contributed by atoms with van der Waals surface area (Å²) in [4.78, 5) is 22.3. The van der Waals surface area contributed by atoms with Crippen LogP contribution in [0.25, 0.3) is 0 Å². The van der Waals surface area contributed by atoms with Gasteiger partial charge in [0.25, 0.3) is 0 Å². The van der Waals surface area contributed by atoms with Gasteiger partial charge in [0.1, 0.15) is 6.04 Å². The average Bonchev–Trinajstić information content (AvgIpc) is 2.39. The second-order valence-electron chi connectivity index (χ2n) is 5.10. The molecule has 2 aliphatic heterocycles. The number of piperidine rings is 2. The van der Waals surface area contributed by atoms with Gasteiger partial charge in [-0.25, -0.2) is 10.0 Å². The Morgan fingerprint density at radius 2 is 1.72 bits per heavy atom. The smallest absolute Gasteiger partial charge is 0.322 e. The number of carbonyl (C=O) groups is 2. The summed E-state index contributed by atoms with van der Waals surface area (Å²) in [7, 11) is 0. The van der Waals surface area contributed by atoms with E-state index in [4.69, 9.17) is 5.11 Å². The van der Waals surface area contributed by atoms with Gasteiger partial charge >= 0.3 is 11.9 Å². The molecule has 102 valence electrons. The molecule has 2 N–H and O–H groups in total. The zero-order valence-corrected chi connectivity index (χ0v) is 10.4. The van der Waals surface area contributed by atoms with Crippen molar-refractivity contribution in [1.29, 1.82) is 0 Å². The summed E-state index contributed by atoms with van der Waals surface area (Å²) in [6.07, 6.45) is 4.09. The van der Waals surface area contributed by atoms with Crippen LogP contribution in [0.1, 0.15) is 32.1 Å². The van der Waals surface area contributed by atoms with Crippen molar-refractivity contribution in [2.45, 2.75) is 38.1 Å². The lowest BCUT2D eigenvalue weighted by Crippen LogP contribution is -2.57. The molecular weight excluding hydrogens is 236 g/mol. The first-order valence-electron chi connectivity index (χ1n) is 6.56. The predicted molar refractivity (Wildman–Crippen MR) is 63.9 cm³/mol. The summed E-state index contributed by atoms with van der Waals surface area (Å²) in [5.74, 6) is -1.94. The molecule has 2 aliphatic rings. The second-order valence-corrected chi connectivity index (χ2v) is 5.10. The lowest BCUT2D eigenvalue weighted by Gasteiger charge is -2.44. The number of hydrogen-bond donors (Lipinski definition) is 2. The highest BCUT2D eigenvalue weighted by Crippen LogP contribution is 2.24. The van der Waals surface area contributed by atoms with E-state index in [1.165, 1.54) is 0 Å². The molecule has 18 heavy (non-hydrogen) atoms. The summed E-state index contributed by atoms with van der Waals surface area (Å²) >= 11 is 0. The highest BCUT2D eigenvalue weighted by atomic mass is 16.4. The van der Waals surface area contributed by atoms with Crippen LogP contribution in [0.5, 0.6) is 0 Å². The monoisotopic (exact) mass is 256 g/mol. The molecule has 2 saturated heterocycles. The maximum atomic E-state index is 11.2. The van der Waals surface area contributed by atoms with Gasteiger partial charge < -0.3 is 10.2 Å². The third kappa shape index (κ3) is 2.81. The molecule has 0 amide bonds. The van der Waals surface area contributed by atoms with Crippen LogP contribution < -0.4 is 0 Å². The van der Waals surface area contributed by atoms with Crippen LogP contribution in [0.3, 0.4) is 0 Å². The van der Waals surface area contributed by atoms with Crippen molar-refractivity contribution < 1.29 is 19.8 Å². The largest absolute Gasteiger partial charge is 0.481 e. The van der Waals surface area contributed by atoms with Gasteiger partial charge in [0, 0.05) is 19.6 Å². The lowest BCUT2D eigenvalue weighted by atomic mass is 9.98. The molecule has 0 bridgehead atoms. The SMILES string of the molecule is O=C(O)C1CCCN(N2CCCCC2C(=O)O)C1.